The first-order chi connectivity index (χ1) is 6.72. The molecule has 0 aliphatic heterocycles. The molecule has 0 amide bonds. The van der Waals surface area contributed by atoms with Gasteiger partial charge in [-0.05, 0) is 42.5 Å². The Bertz CT molecular complexity index is 374. The van der Waals surface area contributed by atoms with Crippen molar-refractivity contribution in [2.24, 2.45) is 0 Å². The van der Waals surface area contributed by atoms with Crippen molar-refractivity contribution in [2.45, 2.75) is 24.6 Å². The molecule has 0 aromatic heterocycles. The monoisotopic (exact) mass is 210 g/mol. The predicted molar refractivity (Wildman–Crippen MR) is 54.8 cm³/mol. The molecule has 1 aromatic carbocycles. The molecule has 0 unspecified atom stereocenters. The highest BCUT2D eigenvalue weighted by Gasteiger charge is 2.18. The molecular weight excluding hydrogens is 200 g/mol. The molecule has 1 N–H and O–H groups in total. The normalized spacial score (nSPS) is 16.4. The molecule has 3 heteroatoms. The van der Waals surface area contributed by atoms with Crippen molar-refractivity contribution in [3.63, 3.8) is 0 Å². The summed E-state index contributed by atoms with van der Waals surface area (Å²) in [6.45, 7) is 0. The van der Waals surface area contributed by atoms with Crippen molar-refractivity contribution in [3.8, 4) is 5.75 Å². The minimum absolute atomic E-state index is 0.137. The molecular formula is C11H11ClO2. The molecule has 0 bridgehead atoms. The minimum Gasteiger partial charge on any atom is -0.508 e. The van der Waals surface area contributed by atoms with E-state index >= 15 is 0 Å². The lowest BCUT2D eigenvalue weighted by Gasteiger charge is -2.08. The van der Waals surface area contributed by atoms with Gasteiger partial charge in [0.2, 0.25) is 0 Å². The molecule has 0 saturated carbocycles. The van der Waals surface area contributed by atoms with Gasteiger partial charge in [0, 0.05) is 5.56 Å². The number of aldehydes is 1. The van der Waals surface area contributed by atoms with Crippen LogP contribution in [0.4, 0.5) is 0 Å². The number of phenolic OH excluding ortho intramolecular Hbond substituents is 1. The molecule has 0 fully saturated rings. The molecule has 14 heavy (non-hydrogen) atoms. The third-order valence-corrected chi connectivity index (χ3v) is 3.00. The number of hydrogen-bond acceptors (Lipinski definition) is 2. The largest absolute Gasteiger partial charge is 0.508 e. The summed E-state index contributed by atoms with van der Waals surface area (Å²) in [4.78, 5) is 10.5. The lowest BCUT2D eigenvalue weighted by Crippen LogP contribution is -1.94. The van der Waals surface area contributed by atoms with E-state index in [-0.39, 0.29) is 5.75 Å². The Morgan fingerprint density at radius 2 is 2.00 bits per heavy atom. The van der Waals surface area contributed by atoms with Crippen LogP contribution in [-0.2, 0) is 17.6 Å². The minimum atomic E-state index is -0.735. The average Bonchev–Trinajstić information content (AvgIpc) is 2.62. The van der Waals surface area contributed by atoms with Gasteiger partial charge in [-0.25, -0.2) is 0 Å². The molecule has 0 spiro atoms. The second-order valence-corrected chi connectivity index (χ2v) is 4.04. The second kappa shape index (κ2) is 3.62. The second-order valence-electron chi connectivity index (χ2n) is 3.57. The van der Waals surface area contributed by atoms with E-state index < -0.39 is 5.38 Å². The van der Waals surface area contributed by atoms with Crippen LogP contribution >= 0.6 is 11.6 Å². The third-order valence-electron chi connectivity index (χ3n) is 2.66. The average molecular weight is 211 g/mol. The highest BCUT2D eigenvalue weighted by Crippen LogP contribution is 2.34. The molecule has 74 valence electrons. The van der Waals surface area contributed by atoms with Crippen LogP contribution in [0.5, 0.6) is 5.75 Å². The van der Waals surface area contributed by atoms with Gasteiger partial charge in [0.15, 0.2) is 0 Å². The van der Waals surface area contributed by atoms with E-state index in [1.807, 2.05) is 6.07 Å². The van der Waals surface area contributed by atoms with Gasteiger partial charge in [-0.1, -0.05) is 0 Å². The molecule has 2 rings (SSSR count). The number of halogens is 1. The van der Waals surface area contributed by atoms with Crippen LogP contribution in [0.1, 0.15) is 28.5 Å². The number of fused-ring (bicyclic) bond motifs is 1. The van der Waals surface area contributed by atoms with E-state index in [0.717, 1.165) is 19.3 Å². The van der Waals surface area contributed by atoms with E-state index in [9.17, 15) is 9.90 Å². The topological polar surface area (TPSA) is 37.3 Å². The fourth-order valence-electron chi connectivity index (χ4n) is 1.92. The summed E-state index contributed by atoms with van der Waals surface area (Å²) in [5, 5.41) is 8.90. The number of aryl methyl sites for hydroxylation is 2. The number of carbonyl (C=O) groups excluding carboxylic acids is 1. The zero-order valence-electron chi connectivity index (χ0n) is 7.66. The van der Waals surface area contributed by atoms with Crippen molar-refractivity contribution in [1.82, 2.24) is 0 Å². The summed E-state index contributed by atoms with van der Waals surface area (Å²) >= 11 is 5.77. The van der Waals surface area contributed by atoms with Gasteiger partial charge in [-0.2, -0.15) is 0 Å². The summed E-state index contributed by atoms with van der Waals surface area (Å²) in [6.07, 6.45) is 3.78. The van der Waals surface area contributed by atoms with Crippen molar-refractivity contribution in [1.29, 1.82) is 0 Å². The highest BCUT2D eigenvalue weighted by molar-refractivity contribution is 6.27. The molecule has 0 heterocycles. The lowest BCUT2D eigenvalue weighted by molar-refractivity contribution is -0.107. The van der Waals surface area contributed by atoms with E-state index in [1.165, 1.54) is 11.1 Å². The Morgan fingerprint density at radius 3 is 2.64 bits per heavy atom. The van der Waals surface area contributed by atoms with E-state index in [0.29, 0.717) is 11.8 Å². The van der Waals surface area contributed by atoms with E-state index in [1.54, 1.807) is 6.07 Å². The van der Waals surface area contributed by atoms with Crippen LogP contribution in [0.3, 0.4) is 0 Å². The fourth-order valence-corrected chi connectivity index (χ4v) is 2.10. The number of benzene rings is 1. The number of phenols is 1. The van der Waals surface area contributed by atoms with Crippen LogP contribution in [0.2, 0.25) is 0 Å². The van der Waals surface area contributed by atoms with Gasteiger partial charge in [0.25, 0.3) is 0 Å². The van der Waals surface area contributed by atoms with Crippen LogP contribution < -0.4 is 0 Å². The van der Waals surface area contributed by atoms with Crippen molar-refractivity contribution < 1.29 is 9.90 Å². The molecule has 1 aliphatic rings. The summed E-state index contributed by atoms with van der Waals surface area (Å²) in [6, 6.07) is 3.58. The Hall–Kier alpha value is -1.02. The Kier molecular flexibility index (Phi) is 2.46. The summed E-state index contributed by atoms with van der Waals surface area (Å²) in [5.74, 6) is 0.137. The number of alkyl halides is 1. The SMILES string of the molecule is O=C[C@@H](Cl)c1cc2c(cc1O)CCC2. The highest BCUT2D eigenvalue weighted by atomic mass is 35.5. The quantitative estimate of drug-likeness (QED) is 0.601. The fraction of sp³-hybridized carbons (Fsp3) is 0.364. The van der Waals surface area contributed by atoms with Gasteiger partial charge in [-0.15, -0.1) is 11.6 Å². The standard InChI is InChI=1S/C11H11ClO2/c12-10(6-13)9-4-7-2-1-3-8(7)5-11(9)14/h4-6,10,14H,1-3H2/t10-/m1/s1. The van der Waals surface area contributed by atoms with Crippen molar-refractivity contribution in [3.05, 3.63) is 28.8 Å². The van der Waals surface area contributed by atoms with Crippen LogP contribution in [0.25, 0.3) is 0 Å². The van der Waals surface area contributed by atoms with Crippen molar-refractivity contribution in [2.75, 3.05) is 0 Å². The maximum Gasteiger partial charge on any atom is 0.142 e. The zero-order valence-corrected chi connectivity index (χ0v) is 8.42. The molecule has 1 atom stereocenters. The lowest BCUT2D eigenvalue weighted by atomic mass is 10.0. The van der Waals surface area contributed by atoms with Crippen LogP contribution in [0.15, 0.2) is 12.1 Å². The van der Waals surface area contributed by atoms with E-state index in [4.69, 9.17) is 11.6 Å². The first-order valence-corrected chi connectivity index (χ1v) is 5.10. The molecule has 1 aliphatic carbocycles. The third kappa shape index (κ3) is 1.50. The van der Waals surface area contributed by atoms with Crippen LogP contribution in [-0.4, -0.2) is 11.4 Å². The molecule has 0 radical (unpaired) electrons. The number of aromatic hydroxyl groups is 1. The first-order valence-electron chi connectivity index (χ1n) is 4.66. The van der Waals surface area contributed by atoms with Gasteiger partial charge in [0.1, 0.15) is 17.4 Å². The zero-order chi connectivity index (χ0) is 10.1. The van der Waals surface area contributed by atoms with Crippen molar-refractivity contribution >= 4 is 17.9 Å². The maximum atomic E-state index is 10.5. The van der Waals surface area contributed by atoms with Crippen LogP contribution in [0, 0.1) is 0 Å². The van der Waals surface area contributed by atoms with Gasteiger partial charge >= 0.3 is 0 Å². The Morgan fingerprint density at radius 1 is 1.36 bits per heavy atom. The van der Waals surface area contributed by atoms with Gasteiger partial charge < -0.3 is 9.90 Å². The number of carbonyl (C=O) groups is 1. The van der Waals surface area contributed by atoms with E-state index in [2.05, 4.69) is 0 Å². The number of rotatable bonds is 2. The molecule has 0 saturated heterocycles. The first kappa shape index (κ1) is 9.53. The van der Waals surface area contributed by atoms with Gasteiger partial charge in [-0.3, -0.25) is 0 Å². The summed E-state index contributed by atoms with van der Waals surface area (Å²) in [5.41, 5.74) is 2.92. The molecule has 1 aromatic rings. The molecule has 2 nitrogen and oxygen atoms in total. The smallest absolute Gasteiger partial charge is 0.142 e. The Balaban J connectivity index is 2.47. The summed E-state index contributed by atoms with van der Waals surface area (Å²) in [7, 11) is 0. The number of hydrogen-bond donors (Lipinski definition) is 1. The summed E-state index contributed by atoms with van der Waals surface area (Å²) < 4.78 is 0. The predicted octanol–water partition coefficient (Wildman–Crippen LogP) is 2.36. The Labute approximate surface area is 87.5 Å². The maximum absolute atomic E-state index is 10.5. The van der Waals surface area contributed by atoms with Gasteiger partial charge in [0.05, 0.1) is 0 Å².